The number of rotatable bonds is 22. The smallest absolute Gasteiger partial charge is 0.354 e. The van der Waals surface area contributed by atoms with Crippen molar-refractivity contribution in [3.63, 3.8) is 0 Å². The molecule has 99 heavy (non-hydrogen) atoms. The number of ether oxygens (including phenoxy) is 3. The van der Waals surface area contributed by atoms with Crippen molar-refractivity contribution in [2.75, 3.05) is 45.4 Å². The summed E-state index contributed by atoms with van der Waals surface area (Å²) in [6, 6.07) is 16.1. The quantitative estimate of drug-likeness (QED) is 0.00936. The summed E-state index contributed by atoms with van der Waals surface area (Å²) >= 11 is 3.45. The third kappa shape index (κ3) is 25.0. The Bertz CT molecular complexity index is 5710. The normalized spacial score (nSPS) is 9.93. The molecule has 4 aromatic carbocycles. The number of aliphatic hydroxyl groups excluding tert-OH is 1. The molecule has 0 fully saturated rings. The summed E-state index contributed by atoms with van der Waals surface area (Å²) in [4.78, 5) is 76.3. The molecule has 0 atom stereocenters. The number of esters is 2. The molecular formula is C79H113BrN2O15S2. The SMILES string of the molecule is C=C=C=C=C=C=C=C=C=C=C=C=C=C=C=C=C=C=C=C=C=C=C=C=C=C=C=C=C=C=C=C=C=C(C(=O)OC)C(=O)OCCNS(=O)(=O)c1ccc2c(c1)C(=O)c1ccc(S(=O)(=O)NCCO)cc1C2=O.O=C1c2ccccc2C(=O)c2c(OCCCCCCCCCCBr)ccc(O)c21.[HH].[HH].[HH].[HH].[HH].[HH].[HH].[HH].[HH].[HH].[HH].[HH].[HH].[HH].[HH].[HH].[HH].[HH].[HH].[HH].[HH].[HH].[HH].[HH].[HH].[HH].[HH].[HH].[HH].[HH].[HH].[HH]. The zero-order valence-electron chi connectivity index (χ0n) is 52.4. The van der Waals surface area contributed by atoms with E-state index in [4.69, 9.17) is 14.6 Å². The Morgan fingerprint density at radius 2 is 0.848 bits per heavy atom. The van der Waals surface area contributed by atoms with Crippen molar-refractivity contribution in [1.29, 1.82) is 0 Å². The van der Waals surface area contributed by atoms with Gasteiger partial charge in [0.2, 0.25) is 20.0 Å². The molecule has 0 spiro atoms. The summed E-state index contributed by atoms with van der Waals surface area (Å²) in [6.45, 7) is 1.98. The van der Waals surface area contributed by atoms with Gasteiger partial charge in [-0.25, -0.2) is 35.9 Å². The number of aliphatic hydroxyl groups is 1. The Morgan fingerprint density at radius 3 is 1.26 bits per heavy atom. The molecule has 0 unspecified atom stereocenters. The Morgan fingerprint density at radius 1 is 0.465 bits per heavy atom. The number of methoxy groups -OCH3 is 1. The highest BCUT2D eigenvalue weighted by Crippen LogP contribution is 2.38. The average Bonchev–Trinajstić information content (AvgIpc) is 0.752. The van der Waals surface area contributed by atoms with Crippen molar-refractivity contribution in [3.8, 4) is 11.5 Å². The van der Waals surface area contributed by atoms with Crippen molar-refractivity contribution in [1.82, 2.24) is 9.44 Å². The number of phenolic OH excluding ortho intramolecular Hbond substituents is 1. The third-order valence-electron chi connectivity index (χ3n) is 12.6. The molecule has 0 aromatic heterocycles. The molecule has 4 aromatic rings. The van der Waals surface area contributed by atoms with Crippen LogP contribution in [-0.4, -0.2) is 107 Å². The highest BCUT2D eigenvalue weighted by molar-refractivity contribution is 9.09. The second kappa shape index (κ2) is 42.4. The molecule has 17 nitrogen and oxygen atoms in total. The van der Waals surface area contributed by atoms with Crippen molar-refractivity contribution < 1.29 is 116 Å². The van der Waals surface area contributed by atoms with Crippen LogP contribution in [-0.2, 0) is 39.1 Å². The Balaban J connectivity index is -0.0000000588. The number of carbonyl (C=O) groups excluding carboxylic acids is 6. The number of hydrogen-bond acceptors (Lipinski definition) is 15. The molecule has 0 saturated heterocycles. The van der Waals surface area contributed by atoms with Gasteiger partial charge in [0.25, 0.3) is 0 Å². The minimum atomic E-state index is -4.35. The van der Waals surface area contributed by atoms with Crippen molar-refractivity contribution in [3.05, 3.63) is 313 Å². The second-order valence-electron chi connectivity index (χ2n) is 19.0. The van der Waals surface area contributed by atoms with E-state index in [1.54, 1.807) is 30.3 Å². The van der Waals surface area contributed by atoms with E-state index in [9.17, 15) is 50.7 Å². The first-order chi connectivity index (χ1) is 48.0. The fourth-order valence-electron chi connectivity index (χ4n) is 8.22. The molecule has 0 radical (unpaired) electrons. The highest BCUT2D eigenvalue weighted by atomic mass is 79.9. The number of fused-ring (bicyclic) bond motifs is 4. The van der Waals surface area contributed by atoms with Gasteiger partial charge < -0.3 is 24.4 Å². The fourth-order valence-corrected chi connectivity index (χ4v) is 10.7. The molecule has 20 heteroatoms. The zero-order chi connectivity index (χ0) is 71.5. The number of phenols is 1. The first-order valence-electron chi connectivity index (χ1n) is 29.1. The van der Waals surface area contributed by atoms with Crippen LogP contribution >= 0.6 is 15.9 Å². The number of hydrogen-bond donors (Lipinski definition) is 4. The van der Waals surface area contributed by atoms with Gasteiger partial charge in [0.05, 0.1) is 41.2 Å². The number of unbranched alkanes of at least 4 members (excludes halogenated alkanes) is 7. The predicted octanol–water partition coefficient (Wildman–Crippen LogP) is 18.2. The van der Waals surface area contributed by atoms with Crippen LogP contribution in [0.25, 0.3) is 0 Å². The van der Waals surface area contributed by atoms with E-state index in [2.05, 4.69) is 220 Å². The number of nitrogens with one attached hydrogen (secondary N) is 2. The van der Waals surface area contributed by atoms with Crippen LogP contribution in [0.2, 0.25) is 0 Å². The van der Waals surface area contributed by atoms with E-state index >= 15 is 0 Å². The van der Waals surface area contributed by atoms with Gasteiger partial charge in [0.1, 0.15) is 18.1 Å². The summed E-state index contributed by atoms with van der Waals surface area (Å²) in [5.74, 6) is -4.27. The second-order valence-corrected chi connectivity index (χ2v) is 23.4. The molecule has 4 N–H and O–H groups in total. The maximum atomic E-state index is 13.3. The van der Waals surface area contributed by atoms with Crippen molar-refractivity contribution in [2.24, 2.45) is 0 Å². The topological polar surface area (TPSA) is 263 Å². The monoisotopic (exact) mass is 1470 g/mol. The number of carbonyl (C=O) groups is 6. The van der Waals surface area contributed by atoms with Gasteiger partial charge in [-0.2, -0.15) is 0 Å². The lowest BCUT2D eigenvalue weighted by atomic mass is 9.83. The first kappa shape index (κ1) is 76.8. The Labute approximate surface area is 625 Å². The summed E-state index contributed by atoms with van der Waals surface area (Å²) < 4.78 is 70.8. The molecule has 0 amide bonds. The maximum Gasteiger partial charge on any atom is 0.354 e. The molecule has 0 bridgehead atoms. The van der Waals surface area contributed by atoms with Gasteiger partial charge in [-0.3, -0.25) is 19.2 Å². The van der Waals surface area contributed by atoms with E-state index < -0.39 is 73.8 Å². The molecule has 2 aliphatic carbocycles. The summed E-state index contributed by atoms with van der Waals surface area (Å²) in [7, 11) is -7.47. The lowest BCUT2D eigenvalue weighted by molar-refractivity contribution is -0.145. The number of ketones is 4. The first-order valence-corrected chi connectivity index (χ1v) is 33.2. The van der Waals surface area contributed by atoms with Crippen LogP contribution in [0, 0.1) is 0 Å². The van der Waals surface area contributed by atoms with E-state index in [0.29, 0.717) is 23.5 Å². The van der Waals surface area contributed by atoms with Gasteiger partial charge in [0.15, 0.2) is 28.7 Å². The average molecular weight is 1470 g/mol. The lowest BCUT2D eigenvalue weighted by Gasteiger charge is -2.21. The van der Waals surface area contributed by atoms with Crippen molar-refractivity contribution in [2.45, 2.75) is 61.2 Å². The van der Waals surface area contributed by atoms with Gasteiger partial charge in [-0.15, -0.1) is 0 Å². The molecule has 0 aliphatic heterocycles. The third-order valence-corrected chi connectivity index (χ3v) is 16.1. The molecule has 2 aliphatic rings. The maximum absolute atomic E-state index is 13.3. The number of benzene rings is 4. The van der Waals surface area contributed by atoms with Crippen LogP contribution in [0.3, 0.4) is 0 Å². The van der Waals surface area contributed by atoms with E-state index in [1.807, 2.05) is 0 Å². The minimum absolute atomic E-state index is 0. The Kier molecular flexibility index (Phi) is 32.9. The van der Waals surface area contributed by atoms with Gasteiger partial charge in [-0.05, 0) is 165 Å². The fraction of sp³-hybridized carbons (Fsp3) is 0.190. The van der Waals surface area contributed by atoms with Gasteiger partial charge >= 0.3 is 11.9 Å². The standard InChI is InChI=1S/C55H22N2O11S2.C24H27BrO4.32H2/c1-3-4-5-6-7-8-9-10-11-12-13-14-15-16-17-18-19-20-21-22-23-24-25-26-27-28-29-30-31-32-33-34-49(54(61)67-2)55(62)68-42-40-57-70(65,66)46-36-38-48-51(44-46)53(60)47-37-35-45(43-50(47)52(48)59)69(63,64)56-39-41-58;25-15-9-5-3-1-2-4-6-10-16-29-20-14-13-19(26)21-22(20)24(28)18-12-8-7-11-17(18)23(21)27;;;;;;;;;;;;;;;;;;;;;;;;;;;;;;;;/h35-38,43-44,56-58H,1,39-42H2,2H3;7-8,11-14,26H,1-6,9-10,15-16H2;32*1H. The summed E-state index contributed by atoms with van der Waals surface area (Å²) in [5.41, 5.74) is 77.0. The van der Waals surface area contributed by atoms with Crippen LogP contribution in [0.5, 0.6) is 11.5 Å². The van der Waals surface area contributed by atoms with Crippen LogP contribution in [0.15, 0.2) is 278 Å². The summed E-state index contributed by atoms with van der Waals surface area (Å²) in [6.07, 6.45) is 9.49. The predicted molar refractivity (Wildman–Crippen MR) is 427 cm³/mol. The van der Waals surface area contributed by atoms with Gasteiger partial charge in [-0.1, -0.05) is 84.5 Å². The van der Waals surface area contributed by atoms with E-state index in [-0.39, 0.29) is 108 Å². The zero-order valence-corrected chi connectivity index (χ0v) is 55.6. The molecule has 0 saturated carbocycles. The Hall–Kier alpha value is -12.9. The summed E-state index contributed by atoms with van der Waals surface area (Å²) in [5, 5.41) is 20.2. The van der Waals surface area contributed by atoms with Crippen molar-refractivity contribution >= 4 is 71.0 Å². The largest absolute Gasteiger partial charge is 0.507 e. The van der Waals surface area contributed by atoms with E-state index in [1.165, 1.54) is 44.6 Å². The molecular weight excluding hydrogens is 1360 g/mol. The minimum Gasteiger partial charge on any atom is -0.507 e. The number of aromatic hydroxyl groups is 1. The number of alkyl halides is 1. The van der Waals surface area contributed by atoms with Crippen LogP contribution in [0.1, 0.15) is 161 Å². The number of sulfonamides is 2. The van der Waals surface area contributed by atoms with Crippen LogP contribution < -0.4 is 14.2 Å². The van der Waals surface area contributed by atoms with Crippen LogP contribution in [0.4, 0.5) is 0 Å². The highest BCUT2D eigenvalue weighted by Gasteiger charge is 2.35. The number of halogens is 1. The molecule has 6 rings (SSSR count). The van der Waals surface area contributed by atoms with Gasteiger partial charge in [0, 0.05) is 178 Å². The lowest BCUT2D eigenvalue weighted by Crippen LogP contribution is -2.30. The molecule has 0 heterocycles. The molecule has 548 valence electrons. The van der Waals surface area contributed by atoms with E-state index in [0.717, 1.165) is 61.7 Å².